The second kappa shape index (κ2) is 7.53. The van der Waals surface area contributed by atoms with E-state index >= 15 is 0 Å². The molecule has 0 fully saturated rings. The fraction of sp³-hybridized carbons (Fsp3) is 0.208. The number of carbonyl (C=O) groups excluding carboxylic acids is 2. The zero-order valence-corrected chi connectivity index (χ0v) is 19.7. The summed E-state index contributed by atoms with van der Waals surface area (Å²) in [6, 6.07) is 10.5. The quantitative estimate of drug-likeness (QED) is 0.550. The number of nitriles is 1. The molecule has 2 aliphatic heterocycles. The molecule has 0 aromatic heterocycles. The zero-order chi connectivity index (χ0) is 23.7. The maximum absolute atomic E-state index is 13.7. The van der Waals surface area contributed by atoms with E-state index in [-0.39, 0.29) is 29.2 Å². The van der Waals surface area contributed by atoms with Crippen molar-refractivity contribution in [1.29, 1.82) is 5.26 Å². The van der Waals surface area contributed by atoms with Gasteiger partial charge in [0.1, 0.15) is 17.3 Å². The van der Waals surface area contributed by atoms with Gasteiger partial charge >= 0.3 is 0 Å². The second-order valence-electron chi connectivity index (χ2n) is 8.20. The van der Waals surface area contributed by atoms with Gasteiger partial charge in [-0.05, 0) is 49.6 Å². The van der Waals surface area contributed by atoms with E-state index in [0.717, 1.165) is 0 Å². The van der Waals surface area contributed by atoms with Crippen molar-refractivity contribution in [2.75, 3.05) is 10.2 Å². The summed E-state index contributed by atoms with van der Waals surface area (Å²) in [6.45, 7) is 1.78. The van der Waals surface area contributed by atoms with Crippen LogP contribution in [0.5, 0.6) is 0 Å². The highest BCUT2D eigenvalue weighted by molar-refractivity contribution is 6.42. The molecule has 33 heavy (non-hydrogen) atoms. The number of anilines is 2. The fourth-order valence-electron chi connectivity index (χ4n) is 5.10. The third-order valence-corrected chi connectivity index (χ3v) is 7.71. The topological polar surface area (TPSA) is 99.2 Å². The Hall–Kier alpha value is -2.98. The Morgan fingerprint density at radius 3 is 2.52 bits per heavy atom. The van der Waals surface area contributed by atoms with Gasteiger partial charge in [-0.2, -0.15) is 5.26 Å². The Bertz CT molecular complexity index is 1390. The molecule has 1 spiro atoms. The minimum Gasteiger partial charge on any atom is -0.384 e. The molecule has 3 N–H and O–H groups in total. The monoisotopic (exact) mass is 498 g/mol. The lowest BCUT2D eigenvalue weighted by molar-refractivity contribution is -0.122. The van der Waals surface area contributed by atoms with Gasteiger partial charge in [-0.3, -0.25) is 14.5 Å². The molecule has 2 aromatic carbocycles. The summed E-state index contributed by atoms with van der Waals surface area (Å²) in [6.07, 6.45) is 1.36. The fourth-order valence-corrected chi connectivity index (χ4v) is 5.55. The number of allylic oxidation sites excluding steroid dienone is 1. The molecule has 0 bridgehead atoms. The molecule has 3 aliphatic rings. The van der Waals surface area contributed by atoms with E-state index in [1.807, 2.05) is 0 Å². The molecule has 2 heterocycles. The van der Waals surface area contributed by atoms with Crippen molar-refractivity contribution in [3.05, 3.63) is 79.2 Å². The van der Waals surface area contributed by atoms with Crippen LogP contribution in [0.4, 0.5) is 11.4 Å². The van der Waals surface area contributed by atoms with Gasteiger partial charge in [-0.1, -0.05) is 40.9 Å². The maximum Gasteiger partial charge on any atom is 0.245 e. The van der Waals surface area contributed by atoms with Crippen LogP contribution >= 0.6 is 34.8 Å². The van der Waals surface area contributed by atoms with Crippen LogP contribution in [0, 0.1) is 18.3 Å². The van der Waals surface area contributed by atoms with Crippen LogP contribution in [-0.2, 0) is 15.0 Å². The number of fused-ring (bicyclic) bond motifs is 3. The molecule has 6 nitrogen and oxygen atoms in total. The first-order chi connectivity index (χ1) is 15.7. The summed E-state index contributed by atoms with van der Waals surface area (Å²) >= 11 is 18.7. The molecular formula is C24H17Cl3N4O2. The number of hydrogen-bond acceptors (Lipinski definition) is 5. The normalized spacial score (nSPS) is 21.8. The third kappa shape index (κ3) is 2.80. The molecule has 2 aromatic rings. The summed E-state index contributed by atoms with van der Waals surface area (Å²) in [7, 11) is 0. The zero-order valence-electron chi connectivity index (χ0n) is 17.4. The van der Waals surface area contributed by atoms with E-state index < -0.39 is 11.3 Å². The van der Waals surface area contributed by atoms with E-state index in [1.54, 1.807) is 42.2 Å². The number of halogens is 3. The Morgan fingerprint density at radius 2 is 1.82 bits per heavy atom. The largest absolute Gasteiger partial charge is 0.384 e. The Morgan fingerprint density at radius 1 is 1.09 bits per heavy atom. The average Bonchev–Trinajstić information content (AvgIpc) is 3.06. The predicted molar refractivity (Wildman–Crippen MR) is 128 cm³/mol. The van der Waals surface area contributed by atoms with Crippen LogP contribution in [0.2, 0.25) is 15.1 Å². The predicted octanol–water partition coefficient (Wildman–Crippen LogP) is 5.37. The molecule has 0 saturated carbocycles. The van der Waals surface area contributed by atoms with Gasteiger partial charge in [0, 0.05) is 34.0 Å². The number of carbonyl (C=O) groups is 2. The van der Waals surface area contributed by atoms with Crippen molar-refractivity contribution in [2.24, 2.45) is 5.73 Å². The summed E-state index contributed by atoms with van der Waals surface area (Å²) in [5, 5.41) is 14.3. The lowest BCUT2D eigenvalue weighted by atomic mass is 9.63. The van der Waals surface area contributed by atoms with E-state index in [1.165, 1.54) is 0 Å². The molecule has 1 atom stereocenters. The van der Waals surface area contributed by atoms with Gasteiger partial charge in [-0.25, -0.2) is 0 Å². The molecular weight excluding hydrogens is 483 g/mol. The van der Waals surface area contributed by atoms with Crippen molar-refractivity contribution in [2.45, 2.75) is 31.6 Å². The first-order valence-electron chi connectivity index (χ1n) is 10.3. The number of amides is 1. The van der Waals surface area contributed by atoms with Gasteiger partial charge in [0.2, 0.25) is 5.91 Å². The van der Waals surface area contributed by atoms with Crippen molar-refractivity contribution in [3.8, 4) is 6.07 Å². The van der Waals surface area contributed by atoms with Gasteiger partial charge in [0.15, 0.2) is 5.78 Å². The van der Waals surface area contributed by atoms with Crippen LogP contribution < -0.4 is 16.0 Å². The highest BCUT2D eigenvalue weighted by atomic mass is 35.5. The minimum atomic E-state index is -1.64. The number of Topliss-reactive ketones (excluding diaryl/α,β-unsaturated/α-hetero) is 1. The number of nitrogens with zero attached hydrogens (tertiary/aromatic N) is 2. The molecule has 5 rings (SSSR count). The molecule has 1 amide bonds. The first kappa shape index (κ1) is 21.8. The van der Waals surface area contributed by atoms with Crippen LogP contribution in [0.3, 0.4) is 0 Å². The van der Waals surface area contributed by atoms with Gasteiger partial charge < -0.3 is 11.1 Å². The summed E-state index contributed by atoms with van der Waals surface area (Å²) in [5.74, 6) is -0.615. The maximum atomic E-state index is 13.7. The molecule has 166 valence electrons. The van der Waals surface area contributed by atoms with E-state index in [9.17, 15) is 14.9 Å². The van der Waals surface area contributed by atoms with Crippen LogP contribution in [-0.4, -0.2) is 11.7 Å². The van der Waals surface area contributed by atoms with Crippen LogP contribution in [0.1, 0.15) is 30.4 Å². The van der Waals surface area contributed by atoms with Crippen LogP contribution in [0.25, 0.3) is 0 Å². The van der Waals surface area contributed by atoms with E-state index in [0.29, 0.717) is 56.1 Å². The highest BCUT2D eigenvalue weighted by Gasteiger charge is 2.60. The summed E-state index contributed by atoms with van der Waals surface area (Å²) in [5.41, 5.74) is 8.02. The molecule has 0 radical (unpaired) electrons. The molecule has 9 heteroatoms. The third-order valence-electron chi connectivity index (χ3n) is 6.56. The number of hydrogen-bond donors (Lipinski definition) is 2. The Balaban J connectivity index is 1.89. The molecule has 1 aliphatic carbocycles. The van der Waals surface area contributed by atoms with Gasteiger partial charge in [0.05, 0.1) is 21.3 Å². The van der Waals surface area contributed by atoms with Crippen LogP contribution in [0.15, 0.2) is 53.0 Å². The summed E-state index contributed by atoms with van der Waals surface area (Å²) in [4.78, 5) is 28.8. The van der Waals surface area contributed by atoms with E-state index in [2.05, 4.69) is 11.4 Å². The number of nitrogens with two attached hydrogens (primary N) is 1. The standard InChI is InChI=1S/C24H17Cl3N4O2/c1-11-15(25)8-6-13-21(11)30-23(33)24(13)14(10-28)22(29)31(12-5-7-16(26)17(27)9-12)18-3-2-4-19(32)20(18)24/h5-9H,2-4,29H2,1H3,(H,30,33). The lowest BCUT2D eigenvalue weighted by Crippen LogP contribution is -2.50. The smallest absolute Gasteiger partial charge is 0.245 e. The molecule has 1 unspecified atom stereocenters. The Kier molecular flexibility index (Phi) is 4.98. The van der Waals surface area contributed by atoms with E-state index in [4.69, 9.17) is 40.5 Å². The van der Waals surface area contributed by atoms with Crippen molar-refractivity contribution in [1.82, 2.24) is 0 Å². The van der Waals surface area contributed by atoms with Gasteiger partial charge in [0.25, 0.3) is 0 Å². The van der Waals surface area contributed by atoms with Crippen molar-refractivity contribution < 1.29 is 9.59 Å². The number of rotatable bonds is 1. The SMILES string of the molecule is Cc1c(Cl)ccc2c1NC(=O)C21C(C#N)=C(N)N(c2ccc(Cl)c(Cl)c2)C2=C1C(=O)CCC2. The van der Waals surface area contributed by atoms with Crippen molar-refractivity contribution >= 4 is 57.9 Å². The second-order valence-corrected chi connectivity index (χ2v) is 9.42. The molecule has 0 saturated heterocycles. The lowest BCUT2D eigenvalue weighted by Gasteiger charge is -2.43. The van der Waals surface area contributed by atoms with Gasteiger partial charge in [-0.15, -0.1) is 0 Å². The number of ketones is 1. The minimum absolute atomic E-state index is 0.0134. The summed E-state index contributed by atoms with van der Waals surface area (Å²) < 4.78 is 0. The Labute approximate surface area is 205 Å². The highest BCUT2D eigenvalue weighted by Crippen LogP contribution is 2.56. The average molecular weight is 500 g/mol. The number of benzene rings is 2. The van der Waals surface area contributed by atoms with Crippen molar-refractivity contribution in [3.63, 3.8) is 0 Å². The first-order valence-corrected chi connectivity index (χ1v) is 11.4. The number of nitrogens with one attached hydrogen (secondary N) is 1.